The first-order valence-electron chi connectivity index (χ1n) is 3.16. The molecule has 0 amide bonds. The molecule has 10 heavy (non-hydrogen) atoms. The Morgan fingerprint density at radius 3 is 1.80 bits per heavy atom. The Morgan fingerprint density at radius 2 is 1.50 bits per heavy atom. The number of benzene rings is 1. The number of hydrogen-bond donors (Lipinski definition) is 0. The van der Waals surface area contributed by atoms with E-state index in [0.29, 0.717) is 0 Å². The summed E-state index contributed by atoms with van der Waals surface area (Å²) >= 11 is 0. The minimum absolute atomic E-state index is 0. The van der Waals surface area contributed by atoms with Gasteiger partial charge in [-0.25, -0.2) is 0 Å². The van der Waals surface area contributed by atoms with Crippen LogP contribution < -0.4 is 5.30 Å². The van der Waals surface area contributed by atoms with Gasteiger partial charge in [0.2, 0.25) is 0 Å². The van der Waals surface area contributed by atoms with Crippen LogP contribution in [0.1, 0.15) is 0 Å². The van der Waals surface area contributed by atoms with E-state index < -0.39 is 0 Å². The van der Waals surface area contributed by atoms with E-state index in [-0.39, 0.29) is 30.3 Å². The molecule has 0 nitrogen and oxygen atoms in total. The molecule has 0 N–H and O–H groups in total. The van der Waals surface area contributed by atoms with Gasteiger partial charge in [-0.15, -0.1) is 0 Å². The first-order valence-corrected chi connectivity index (χ1v) is 5.66. The second kappa shape index (κ2) is 5.10. The van der Waals surface area contributed by atoms with E-state index in [1.807, 2.05) is 0 Å². The summed E-state index contributed by atoms with van der Waals surface area (Å²) in [5.41, 5.74) is 0. The van der Waals surface area contributed by atoms with Gasteiger partial charge in [-0.1, -0.05) is 18.2 Å². The largest absolute Gasteiger partial charge is 0.0908 e. The summed E-state index contributed by atoms with van der Waals surface area (Å²) in [7, 11) is -0.212. The molecule has 1 aromatic rings. The van der Waals surface area contributed by atoms with Crippen LogP contribution in [0.5, 0.6) is 0 Å². The molecule has 0 fully saturated rings. The SMILES string of the molecule is C[PH+](C)c1ccccc1.[Au]. The molecule has 0 unspecified atom stereocenters. The van der Waals surface area contributed by atoms with Crippen LogP contribution in [0.4, 0.5) is 0 Å². The molecule has 0 saturated carbocycles. The third-order valence-electron chi connectivity index (χ3n) is 1.35. The maximum absolute atomic E-state index is 2.31. The van der Waals surface area contributed by atoms with E-state index in [2.05, 4.69) is 43.7 Å². The summed E-state index contributed by atoms with van der Waals surface area (Å²) < 4.78 is 0. The third kappa shape index (κ3) is 2.98. The topological polar surface area (TPSA) is 0 Å². The smallest absolute Gasteiger partial charge is 0.0620 e. The van der Waals surface area contributed by atoms with Crippen LogP contribution >= 0.6 is 7.92 Å². The van der Waals surface area contributed by atoms with Crippen molar-refractivity contribution in [1.82, 2.24) is 0 Å². The maximum Gasteiger partial charge on any atom is 0.0908 e. The van der Waals surface area contributed by atoms with Crippen molar-refractivity contribution in [1.29, 1.82) is 0 Å². The minimum Gasteiger partial charge on any atom is -0.0620 e. The Morgan fingerprint density at radius 1 is 1.00 bits per heavy atom. The molecule has 0 aliphatic carbocycles. The summed E-state index contributed by atoms with van der Waals surface area (Å²) in [5, 5.41) is 1.52. The van der Waals surface area contributed by atoms with Crippen LogP contribution in [-0.4, -0.2) is 13.3 Å². The average molecular weight is 336 g/mol. The molecule has 0 bridgehead atoms. The average Bonchev–Trinajstić information content (AvgIpc) is 1.90. The molecule has 0 aliphatic rings. The monoisotopic (exact) mass is 336 g/mol. The van der Waals surface area contributed by atoms with Gasteiger partial charge in [0.15, 0.2) is 0 Å². The normalized spacial score (nSPS) is 9.10. The fourth-order valence-corrected chi connectivity index (χ4v) is 1.63. The fourth-order valence-electron chi connectivity index (χ4n) is 0.771. The summed E-state index contributed by atoms with van der Waals surface area (Å²) in [6, 6.07) is 10.7. The van der Waals surface area contributed by atoms with Gasteiger partial charge in [0.25, 0.3) is 0 Å². The van der Waals surface area contributed by atoms with Gasteiger partial charge < -0.3 is 0 Å². The standard InChI is InChI=1S/C8H11P.Au/c1-9(2)8-6-4-3-5-7-8;/h3-7H,1-2H3;/p+1. The zero-order valence-electron chi connectivity index (χ0n) is 6.19. The second-order valence-electron chi connectivity index (χ2n) is 2.37. The minimum atomic E-state index is -0.212. The summed E-state index contributed by atoms with van der Waals surface area (Å²) in [4.78, 5) is 0. The van der Waals surface area contributed by atoms with Gasteiger partial charge in [-0.05, 0) is 12.1 Å². The summed E-state index contributed by atoms with van der Waals surface area (Å²) in [5.74, 6) is 0. The van der Waals surface area contributed by atoms with E-state index in [0.717, 1.165) is 0 Å². The fraction of sp³-hybridized carbons (Fsp3) is 0.250. The van der Waals surface area contributed by atoms with E-state index >= 15 is 0 Å². The maximum atomic E-state index is 2.31. The molecule has 0 spiro atoms. The van der Waals surface area contributed by atoms with E-state index in [9.17, 15) is 0 Å². The third-order valence-corrected chi connectivity index (χ3v) is 2.84. The Hall–Kier alpha value is 0.390. The summed E-state index contributed by atoms with van der Waals surface area (Å²) in [6.07, 6.45) is 0. The molecule has 1 radical (unpaired) electrons. The van der Waals surface area contributed by atoms with E-state index in [1.54, 1.807) is 0 Å². The van der Waals surface area contributed by atoms with Gasteiger partial charge in [-0.2, -0.15) is 0 Å². The Labute approximate surface area is 79.3 Å². The quantitative estimate of drug-likeness (QED) is 0.542. The van der Waals surface area contributed by atoms with Crippen LogP contribution in [0.25, 0.3) is 0 Å². The van der Waals surface area contributed by atoms with Crippen molar-refractivity contribution < 1.29 is 22.4 Å². The molecule has 0 atom stereocenters. The van der Waals surface area contributed by atoms with Gasteiger partial charge in [0.05, 0.1) is 18.6 Å². The van der Waals surface area contributed by atoms with Gasteiger partial charge in [0, 0.05) is 30.3 Å². The number of rotatable bonds is 1. The van der Waals surface area contributed by atoms with Crippen LogP contribution in [0.3, 0.4) is 0 Å². The van der Waals surface area contributed by atoms with Crippen molar-refractivity contribution in [3.63, 3.8) is 0 Å². The van der Waals surface area contributed by atoms with Crippen molar-refractivity contribution in [2.45, 2.75) is 0 Å². The molecule has 59 valence electrons. The van der Waals surface area contributed by atoms with Gasteiger partial charge >= 0.3 is 0 Å². The van der Waals surface area contributed by atoms with Crippen LogP contribution in [0.2, 0.25) is 0 Å². The zero-order valence-corrected chi connectivity index (χ0v) is 9.35. The Kier molecular flexibility index (Phi) is 5.29. The first-order chi connectivity index (χ1) is 4.30. The molecule has 1 rings (SSSR count). The van der Waals surface area contributed by atoms with Crippen molar-refractivity contribution in [3.05, 3.63) is 30.3 Å². The predicted octanol–water partition coefficient (Wildman–Crippen LogP) is 1.78. The summed E-state index contributed by atoms with van der Waals surface area (Å²) in [6.45, 7) is 4.61. The predicted molar refractivity (Wildman–Crippen MR) is 46.2 cm³/mol. The molecule has 0 aliphatic heterocycles. The Balaban J connectivity index is 0.000000810. The van der Waals surface area contributed by atoms with Crippen LogP contribution in [-0.2, 0) is 22.4 Å². The molecule has 2 heteroatoms. The molecular weight excluding hydrogens is 324 g/mol. The van der Waals surface area contributed by atoms with Crippen molar-refractivity contribution in [2.24, 2.45) is 0 Å². The Bertz CT molecular complexity index is 172. The molecule has 0 heterocycles. The second-order valence-corrected chi connectivity index (χ2v) is 4.94. The molecule has 1 aromatic carbocycles. The van der Waals surface area contributed by atoms with E-state index in [4.69, 9.17) is 0 Å². The molecule has 0 saturated heterocycles. The van der Waals surface area contributed by atoms with Gasteiger partial charge in [0.1, 0.15) is 0 Å². The molecular formula is C8H12AuP+. The zero-order chi connectivity index (χ0) is 6.69. The van der Waals surface area contributed by atoms with Crippen molar-refractivity contribution in [3.8, 4) is 0 Å². The van der Waals surface area contributed by atoms with Crippen molar-refractivity contribution >= 4 is 13.2 Å². The van der Waals surface area contributed by atoms with Crippen LogP contribution in [0, 0.1) is 0 Å². The first kappa shape index (κ1) is 10.4. The van der Waals surface area contributed by atoms with Crippen LogP contribution in [0.15, 0.2) is 30.3 Å². The van der Waals surface area contributed by atoms with Crippen molar-refractivity contribution in [2.75, 3.05) is 13.3 Å². The van der Waals surface area contributed by atoms with Gasteiger partial charge in [-0.3, -0.25) is 0 Å². The molecule has 0 aromatic heterocycles. The number of hydrogen-bond acceptors (Lipinski definition) is 0. The van der Waals surface area contributed by atoms with E-state index in [1.165, 1.54) is 5.30 Å².